The minimum absolute atomic E-state index is 0.170. The number of carbonyl (C=O) groups is 3. The van der Waals surface area contributed by atoms with Crippen molar-refractivity contribution in [3.63, 3.8) is 0 Å². The van der Waals surface area contributed by atoms with Crippen LogP contribution in [0.2, 0.25) is 0 Å². The van der Waals surface area contributed by atoms with Crippen molar-refractivity contribution < 1.29 is 52.2 Å². The maximum absolute atomic E-state index is 12.9. The van der Waals surface area contributed by atoms with Crippen molar-refractivity contribution >= 4 is 25.7 Å². The molecule has 0 rings (SSSR count). The second-order valence-corrected chi connectivity index (χ2v) is 22.0. The van der Waals surface area contributed by atoms with Crippen LogP contribution in [0.1, 0.15) is 303 Å². The van der Waals surface area contributed by atoms with Crippen LogP contribution in [0.5, 0.6) is 0 Å². The smallest absolute Gasteiger partial charge is 0.462 e. The Morgan fingerprint density at radius 1 is 0.375 bits per heavy atom. The SMILES string of the molecule is CCCCCCCC/C=C\CCCCCCCCCCCC(=O)OC(COC(=O)CCCCCCCCCCC)COP(=O)(O)OCC(CO)OC(=O)CCCCCCCCC/C=C\CCCCCCCC. The van der Waals surface area contributed by atoms with Crippen LogP contribution in [0.25, 0.3) is 0 Å². The average molecular weight is 1040 g/mol. The molecule has 3 atom stereocenters. The summed E-state index contributed by atoms with van der Waals surface area (Å²) in [6, 6.07) is 0. The highest BCUT2D eigenvalue weighted by Crippen LogP contribution is 2.43. The van der Waals surface area contributed by atoms with E-state index in [1.54, 1.807) is 0 Å². The molecule has 0 aromatic rings. The van der Waals surface area contributed by atoms with Crippen LogP contribution in [0.4, 0.5) is 0 Å². The first-order valence-corrected chi connectivity index (χ1v) is 31.7. The Bertz CT molecular complexity index is 1310. The zero-order valence-electron chi connectivity index (χ0n) is 46.9. The predicted molar refractivity (Wildman–Crippen MR) is 298 cm³/mol. The molecule has 72 heavy (non-hydrogen) atoms. The number of hydrogen-bond donors (Lipinski definition) is 2. The Labute approximate surface area is 442 Å². The molecule has 0 aliphatic rings. The van der Waals surface area contributed by atoms with E-state index in [4.69, 9.17) is 23.3 Å². The summed E-state index contributed by atoms with van der Waals surface area (Å²) in [5, 5.41) is 9.82. The zero-order valence-corrected chi connectivity index (χ0v) is 47.8. The van der Waals surface area contributed by atoms with E-state index in [1.807, 2.05) is 0 Å². The Balaban J connectivity index is 4.57. The standard InChI is InChI=1S/C60H113O11P/c1-4-7-10-13-16-19-21-23-25-27-28-30-32-34-36-39-42-45-48-51-60(64)71-57(53-67-58(62)49-46-43-40-37-18-15-12-9-6-3)55-69-72(65,66)68-54-56(52-61)70-59(63)50-47-44-41-38-35-33-31-29-26-24-22-20-17-14-11-8-5-2/h23-26,56-57,61H,4-22,27-55H2,1-3H3,(H,65,66)/b25-23-,26-24-. The maximum Gasteiger partial charge on any atom is 0.472 e. The van der Waals surface area contributed by atoms with Gasteiger partial charge in [-0.3, -0.25) is 23.4 Å². The molecule has 0 radical (unpaired) electrons. The fraction of sp³-hybridized carbons (Fsp3) is 0.883. The van der Waals surface area contributed by atoms with Gasteiger partial charge in [-0.1, -0.05) is 238 Å². The summed E-state index contributed by atoms with van der Waals surface area (Å²) in [5.41, 5.74) is 0. The Kier molecular flexibility index (Phi) is 53.6. The fourth-order valence-corrected chi connectivity index (χ4v) is 9.48. The van der Waals surface area contributed by atoms with Crippen molar-refractivity contribution in [1.82, 2.24) is 0 Å². The molecule has 0 aliphatic heterocycles. The molecular formula is C60H113O11P. The van der Waals surface area contributed by atoms with Gasteiger partial charge in [0.25, 0.3) is 0 Å². The minimum Gasteiger partial charge on any atom is -0.462 e. The molecule has 0 fully saturated rings. The average Bonchev–Trinajstić information content (AvgIpc) is 3.37. The lowest BCUT2D eigenvalue weighted by atomic mass is 10.1. The second kappa shape index (κ2) is 55.2. The molecule has 0 aliphatic carbocycles. The number of aliphatic hydroxyl groups excluding tert-OH is 1. The third-order valence-electron chi connectivity index (χ3n) is 13.3. The van der Waals surface area contributed by atoms with Gasteiger partial charge < -0.3 is 24.2 Å². The molecule has 0 spiro atoms. The van der Waals surface area contributed by atoms with Gasteiger partial charge in [0.1, 0.15) is 12.7 Å². The van der Waals surface area contributed by atoms with Gasteiger partial charge >= 0.3 is 25.7 Å². The van der Waals surface area contributed by atoms with E-state index in [9.17, 15) is 28.9 Å². The summed E-state index contributed by atoms with van der Waals surface area (Å²) in [4.78, 5) is 48.5. The largest absolute Gasteiger partial charge is 0.472 e. The molecule has 0 aromatic carbocycles. The van der Waals surface area contributed by atoms with Crippen molar-refractivity contribution in [1.29, 1.82) is 0 Å². The molecule has 11 nitrogen and oxygen atoms in total. The van der Waals surface area contributed by atoms with Gasteiger partial charge in [0.2, 0.25) is 0 Å². The van der Waals surface area contributed by atoms with Crippen molar-refractivity contribution in [2.24, 2.45) is 0 Å². The number of phosphoric acid groups is 1. The second-order valence-electron chi connectivity index (χ2n) is 20.5. The summed E-state index contributed by atoms with van der Waals surface area (Å²) in [7, 11) is -4.74. The van der Waals surface area contributed by atoms with Crippen LogP contribution >= 0.6 is 7.82 Å². The summed E-state index contributed by atoms with van der Waals surface area (Å²) in [5.74, 6) is -1.45. The Morgan fingerprint density at radius 3 is 0.958 bits per heavy atom. The van der Waals surface area contributed by atoms with Crippen LogP contribution < -0.4 is 0 Å². The maximum atomic E-state index is 12.9. The lowest BCUT2D eigenvalue weighted by Gasteiger charge is -2.21. The molecule has 3 unspecified atom stereocenters. The van der Waals surface area contributed by atoms with E-state index < -0.39 is 57.8 Å². The number of phosphoric ester groups is 1. The molecule has 12 heteroatoms. The van der Waals surface area contributed by atoms with Crippen molar-refractivity contribution in [3.8, 4) is 0 Å². The Hall–Kier alpha value is -2.04. The van der Waals surface area contributed by atoms with E-state index in [-0.39, 0.29) is 25.9 Å². The van der Waals surface area contributed by atoms with E-state index in [2.05, 4.69) is 45.1 Å². The number of esters is 3. The molecule has 0 saturated heterocycles. The van der Waals surface area contributed by atoms with Gasteiger partial charge in [0, 0.05) is 19.3 Å². The molecule has 0 aromatic heterocycles. The number of ether oxygens (including phenoxy) is 3. The predicted octanol–water partition coefficient (Wildman–Crippen LogP) is 17.8. The molecule has 0 bridgehead atoms. The number of unbranched alkanes of at least 4 members (excludes halogenated alkanes) is 36. The van der Waals surface area contributed by atoms with E-state index in [0.717, 1.165) is 64.2 Å². The number of rotatable bonds is 57. The molecule has 424 valence electrons. The van der Waals surface area contributed by atoms with Crippen LogP contribution in [0.15, 0.2) is 24.3 Å². The summed E-state index contributed by atoms with van der Waals surface area (Å²) in [6.45, 7) is 4.66. The number of hydrogen-bond acceptors (Lipinski definition) is 10. The quantitative estimate of drug-likeness (QED) is 0.0197. The molecule has 2 N–H and O–H groups in total. The molecule has 0 amide bonds. The first-order chi connectivity index (χ1) is 35.2. The third kappa shape index (κ3) is 52.8. The highest BCUT2D eigenvalue weighted by molar-refractivity contribution is 7.47. The Morgan fingerprint density at radius 2 is 0.639 bits per heavy atom. The summed E-state index contributed by atoms with van der Waals surface area (Å²) < 4.78 is 39.5. The van der Waals surface area contributed by atoms with Crippen LogP contribution in [0.3, 0.4) is 0 Å². The number of carbonyl (C=O) groups excluding carboxylic acids is 3. The van der Waals surface area contributed by atoms with Gasteiger partial charge in [-0.05, 0) is 70.6 Å². The number of aliphatic hydroxyl groups is 1. The van der Waals surface area contributed by atoms with E-state index in [1.165, 1.54) is 180 Å². The van der Waals surface area contributed by atoms with Crippen LogP contribution in [-0.4, -0.2) is 66.5 Å². The van der Waals surface area contributed by atoms with Gasteiger partial charge in [-0.2, -0.15) is 0 Å². The topological polar surface area (TPSA) is 155 Å². The summed E-state index contributed by atoms with van der Waals surface area (Å²) >= 11 is 0. The normalized spacial score (nSPS) is 13.5. The first-order valence-electron chi connectivity index (χ1n) is 30.2. The van der Waals surface area contributed by atoms with Crippen molar-refractivity contribution in [3.05, 3.63) is 24.3 Å². The van der Waals surface area contributed by atoms with Gasteiger partial charge in [0.05, 0.1) is 19.8 Å². The summed E-state index contributed by atoms with van der Waals surface area (Å²) in [6.07, 6.45) is 55.7. The monoisotopic (exact) mass is 1040 g/mol. The molecular weight excluding hydrogens is 928 g/mol. The minimum atomic E-state index is -4.74. The van der Waals surface area contributed by atoms with Gasteiger partial charge in [-0.15, -0.1) is 0 Å². The zero-order chi connectivity index (χ0) is 52.7. The lowest BCUT2D eigenvalue weighted by Crippen LogP contribution is -2.30. The first kappa shape index (κ1) is 70.0. The van der Waals surface area contributed by atoms with Gasteiger partial charge in [0.15, 0.2) is 6.10 Å². The molecule has 0 heterocycles. The lowest BCUT2D eigenvalue weighted by molar-refractivity contribution is -0.161. The number of allylic oxidation sites excluding steroid dienone is 4. The van der Waals surface area contributed by atoms with E-state index in [0.29, 0.717) is 19.3 Å². The van der Waals surface area contributed by atoms with E-state index >= 15 is 0 Å². The van der Waals surface area contributed by atoms with Crippen molar-refractivity contribution in [2.75, 3.05) is 26.4 Å². The van der Waals surface area contributed by atoms with Crippen molar-refractivity contribution in [2.45, 2.75) is 315 Å². The van der Waals surface area contributed by atoms with Crippen LogP contribution in [0, 0.1) is 0 Å². The highest BCUT2D eigenvalue weighted by Gasteiger charge is 2.28. The van der Waals surface area contributed by atoms with Crippen LogP contribution in [-0.2, 0) is 42.2 Å². The van der Waals surface area contributed by atoms with Gasteiger partial charge in [-0.25, -0.2) is 4.57 Å². The molecule has 0 saturated carbocycles. The highest BCUT2D eigenvalue weighted by atomic mass is 31.2. The third-order valence-corrected chi connectivity index (χ3v) is 14.3. The fourth-order valence-electron chi connectivity index (χ4n) is 8.70.